The molecule has 0 bridgehead atoms. The number of carbonyl (C=O) groups is 1. The number of hydrogen-bond donors (Lipinski definition) is 1. The van der Waals surface area contributed by atoms with E-state index in [4.69, 9.17) is 10.5 Å². The van der Waals surface area contributed by atoms with Gasteiger partial charge in [0.25, 0.3) is 0 Å². The first-order valence-corrected chi connectivity index (χ1v) is 6.05. The molecule has 0 aliphatic heterocycles. The summed E-state index contributed by atoms with van der Waals surface area (Å²) in [5, 5.41) is 0. The Morgan fingerprint density at radius 1 is 1.57 bits per heavy atom. The molecule has 0 saturated heterocycles. The van der Waals surface area contributed by atoms with Gasteiger partial charge in [-0.1, -0.05) is 6.92 Å². The van der Waals surface area contributed by atoms with Crippen LogP contribution in [-0.4, -0.2) is 29.6 Å². The zero-order valence-electron chi connectivity index (χ0n) is 9.50. The minimum Gasteiger partial charge on any atom is -0.466 e. The van der Waals surface area contributed by atoms with Gasteiger partial charge < -0.3 is 10.5 Å². The molecule has 84 valence electrons. The number of ether oxygens (including phenoxy) is 1. The summed E-state index contributed by atoms with van der Waals surface area (Å²) in [5.74, 6) is 1.48. The molecule has 0 aliphatic rings. The van der Waals surface area contributed by atoms with Crippen molar-refractivity contribution in [1.82, 2.24) is 0 Å². The molecular formula is C10H21NO2S. The first-order chi connectivity index (χ1) is 6.37. The highest BCUT2D eigenvalue weighted by Crippen LogP contribution is 2.14. The van der Waals surface area contributed by atoms with Gasteiger partial charge in [-0.15, -0.1) is 0 Å². The number of esters is 1. The predicted molar refractivity (Wildman–Crippen MR) is 61.4 cm³/mol. The second-order valence-corrected chi connectivity index (χ2v) is 5.19. The van der Waals surface area contributed by atoms with Crippen LogP contribution >= 0.6 is 11.8 Å². The van der Waals surface area contributed by atoms with Crippen LogP contribution in [0.25, 0.3) is 0 Å². The molecule has 14 heavy (non-hydrogen) atoms. The molecule has 0 amide bonds. The van der Waals surface area contributed by atoms with Gasteiger partial charge in [-0.05, 0) is 20.8 Å². The van der Waals surface area contributed by atoms with Crippen molar-refractivity contribution < 1.29 is 9.53 Å². The average molecular weight is 219 g/mol. The average Bonchev–Trinajstić information content (AvgIpc) is 2.02. The zero-order valence-corrected chi connectivity index (χ0v) is 10.3. The maximum absolute atomic E-state index is 11.2. The smallest absolute Gasteiger partial charge is 0.309 e. The van der Waals surface area contributed by atoms with Gasteiger partial charge in [0.15, 0.2) is 0 Å². The molecule has 4 heteroatoms. The summed E-state index contributed by atoms with van der Waals surface area (Å²) < 4.78 is 4.90. The standard InChI is InChI=1S/C10H21NO2S/c1-5-13-9(12)8(2)6-14-7-10(3,4)11/h8H,5-7,11H2,1-4H3. The third-order valence-electron chi connectivity index (χ3n) is 1.53. The molecule has 0 aromatic carbocycles. The SMILES string of the molecule is CCOC(=O)C(C)CSCC(C)(C)N. The maximum Gasteiger partial charge on any atom is 0.309 e. The molecule has 0 radical (unpaired) electrons. The summed E-state index contributed by atoms with van der Waals surface area (Å²) in [7, 11) is 0. The van der Waals surface area contributed by atoms with Crippen LogP contribution in [0.4, 0.5) is 0 Å². The molecule has 1 atom stereocenters. The van der Waals surface area contributed by atoms with E-state index in [1.165, 1.54) is 0 Å². The van der Waals surface area contributed by atoms with Gasteiger partial charge in [0.2, 0.25) is 0 Å². The van der Waals surface area contributed by atoms with Crippen LogP contribution < -0.4 is 5.73 Å². The number of nitrogens with two attached hydrogens (primary N) is 1. The Balaban J connectivity index is 3.63. The molecule has 0 heterocycles. The van der Waals surface area contributed by atoms with Crippen LogP contribution in [0.15, 0.2) is 0 Å². The van der Waals surface area contributed by atoms with Crippen LogP contribution in [0.1, 0.15) is 27.7 Å². The highest BCUT2D eigenvalue weighted by Gasteiger charge is 2.16. The fourth-order valence-electron chi connectivity index (χ4n) is 0.851. The Kier molecular flexibility index (Phi) is 6.20. The second-order valence-electron chi connectivity index (χ2n) is 4.16. The van der Waals surface area contributed by atoms with E-state index < -0.39 is 0 Å². The maximum atomic E-state index is 11.2. The van der Waals surface area contributed by atoms with Crippen LogP contribution in [0.2, 0.25) is 0 Å². The molecule has 0 aliphatic carbocycles. The van der Waals surface area contributed by atoms with Crippen molar-refractivity contribution in [1.29, 1.82) is 0 Å². The van der Waals surface area contributed by atoms with Gasteiger partial charge in [0.1, 0.15) is 0 Å². The molecule has 0 aromatic rings. The molecule has 0 rings (SSSR count). The quantitative estimate of drug-likeness (QED) is 0.690. The van der Waals surface area contributed by atoms with Gasteiger partial charge >= 0.3 is 5.97 Å². The Labute approximate surface area is 90.8 Å². The van der Waals surface area contributed by atoms with E-state index in [0.717, 1.165) is 11.5 Å². The van der Waals surface area contributed by atoms with E-state index in [-0.39, 0.29) is 17.4 Å². The number of thioether (sulfide) groups is 1. The Bertz CT molecular complexity index is 177. The van der Waals surface area contributed by atoms with Gasteiger partial charge in [0.05, 0.1) is 12.5 Å². The van der Waals surface area contributed by atoms with E-state index >= 15 is 0 Å². The van der Waals surface area contributed by atoms with E-state index in [1.54, 1.807) is 11.8 Å². The summed E-state index contributed by atoms with van der Waals surface area (Å²) in [4.78, 5) is 11.2. The van der Waals surface area contributed by atoms with Gasteiger partial charge in [-0.3, -0.25) is 4.79 Å². The molecule has 0 fully saturated rings. The predicted octanol–water partition coefficient (Wildman–Crippen LogP) is 1.66. The fraction of sp³-hybridized carbons (Fsp3) is 0.900. The normalized spacial score (nSPS) is 13.8. The Hall–Kier alpha value is -0.220. The van der Waals surface area contributed by atoms with Crippen LogP contribution in [-0.2, 0) is 9.53 Å². The minimum atomic E-state index is -0.168. The van der Waals surface area contributed by atoms with Crippen LogP contribution in [0.5, 0.6) is 0 Å². The summed E-state index contributed by atoms with van der Waals surface area (Å²) in [6.07, 6.45) is 0. The van der Waals surface area contributed by atoms with Gasteiger partial charge in [-0.2, -0.15) is 11.8 Å². The van der Waals surface area contributed by atoms with Crippen molar-refractivity contribution in [2.45, 2.75) is 33.2 Å². The first-order valence-electron chi connectivity index (χ1n) is 4.90. The summed E-state index contributed by atoms with van der Waals surface area (Å²) in [5.41, 5.74) is 5.65. The molecule has 3 nitrogen and oxygen atoms in total. The van der Waals surface area contributed by atoms with E-state index in [0.29, 0.717) is 6.61 Å². The van der Waals surface area contributed by atoms with Gasteiger partial charge in [0, 0.05) is 17.0 Å². The van der Waals surface area contributed by atoms with E-state index in [9.17, 15) is 4.79 Å². The molecule has 1 unspecified atom stereocenters. The molecule has 2 N–H and O–H groups in total. The Morgan fingerprint density at radius 2 is 2.14 bits per heavy atom. The zero-order chi connectivity index (χ0) is 11.2. The minimum absolute atomic E-state index is 0.0395. The van der Waals surface area contributed by atoms with Gasteiger partial charge in [-0.25, -0.2) is 0 Å². The molecule has 0 aromatic heterocycles. The van der Waals surface area contributed by atoms with Crippen molar-refractivity contribution in [2.75, 3.05) is 18.1 Å². The summed E-state index contributed by atoms with van der Waals surface area (Å²) in [6.45, 7) is 8.12. The number of carbonyl (C=O) groups excluding carboxylic acids is 1. The lowest BCUT2D eigenvalue weighted by Gasteiger charge is -2.18. The van der Waals surface area contributed by atoms with Crippen molar-refractivity contribution in [3.8, 4) is 0 Å². The summed E-state index contributed by atoms with van der Waals surface area (Å²) in [6, 6.07) is 0. The lowest BCUT2D eigenvalue weighted by molar-refractivity contribution is -0.146. The fourth-order valence-corrected chi connectivity index (χ4v) is 1.98. The van der Waals surface area contributed by atoms with Crippen molar-refractivity contribution in [3.05, 3.63) is 0 Å². The number of rotatable bonds is 6. The lowest BCUT2D eigenvalue weighted by Crippen LogP contribution is -2.35. The van der Waals surface area contributed by atoms with E-state index in [2.05, 4.69) is 0 Å². The van der Waals surface area contributed by atoms with Crippen molar-refractivity contribution in [3.63, 3.8) is 0 Å². The summed E-state index contributed by atoms with van der Waals surface area (Å²) >= 11 is 1.70. The molecule has 0 spiro atoms. The lowest BCUT2D eigenvalue weighted by atomic mass is 10.1. The first kappa shape index (κ1) is 13.8. The number of hydrogen-bond acceptors (Lipinski definition) is 4. The second kappa shape index (κ2) is 6.30. The highest BCUT2D eigenvalue weighted by molar-refractivity contribution is 7.99. The molecular weight excluding hydrogens is 198 g/mol. The van der Waals surface area contributed by atoms with E-state index in [1.807, 2.05) is 27.7 Å². The highest BCUT2D eigenvalue weighted by atomic mass is 32.2. The van der Waals surface area contributed by atoms with Crippen LogP contribution in [0, 0.1) is 5.92 Å². The third-order valence-corrected chi connectivity index (χ3v) is 3.21. The van der Waals surface area contributed by atoms with Crippen molar-refractivity contribution >= 4 is 17.7 Å². The Morgan fingerprint density at radius 3 is 2.57 bits per heavy atom. The molecule has 0 saturated carbocycles. The largest absolute Gasteiger partial charge is 0.466 e. The third kappa shape index (κ3) is 7.21. The van der Waals surface area contributed by atoms with Crippen molar-refractivity contribution in [2.24, 2.45) is 11.7 Å². The van der Waals surface area contributed by atoms with Crippen LogP contribution in [0.3, 0.4) is 0 Å². The topological polar surface area (TPSA) is 52.3 Å². The monoisotopic (exact) mass is 219 g/mol.